The number of fused-ring (bicyclic) bond motifs is 1. The number of piperidine rings is 1. The van der Waals surface area contributed by atoms with Crippen LogP contribution in [0.1, 0.15) is 30.5 Å². The van der Waals surface area contributed by atoms with Crippen molar-refractivity contribution in [2.45, 2.75) is 86.7 Å². The van der Waals surface area contributed by atoms with Crippen LogP contribution < -0.4 is 0 Å². The number of nitrogens with zero attached hydrogens (tertiary/aromatic N) is 1. The molecular weight excluding hydrogens is 594 g/mol. The number of rotatable bonds is 11. The lowest BCUT2D eigenvalue weighted by Gasteiger charge is -2.43. The molecule has 0 amide bonds. The summed E-state index contributed by atoms with van der Waals surface area (Å²) < 4.78 is 66.2. The number of methoxy groups -OCH3 is 1. The minimum Gasteiger partial charge on any atom is -0.369 e. The Kier molecular flexibility index (Phi) is 9.75. The van der Waals surface area contributed by atoms with Gasteiger partial charge >= 0.3 is 0 Å². The average molecular weight is 638 g/mol. The fourth-order valence-electron chi connectivity index (χ4n) is 6.50. The van der Waals surface area contributed by atoms with Crippen molar-refractivity contribution in [1.29, 1.82) is 0 Å². The van der Waals surface area contributed by atoms with Crippen molar-refractivity contribution in [3.63, 3.8) is 0 Å². The number of hydrogen-bond acceptors (Lipinski definition) is 9. The molecule has 6 rings (SSSR count). The van der Waals surface area contributed by atoms with E-state index in [4.69, 9.17) is 28.4 Å². The summed E-state index contributed by atoms with van der Waals surface area (Å²) in [5.74, 6) is -0.773. The van der Waals surface area contributed by atoms with Crippen LogP contribution in [0.2, 0.25) is 0 Å². The third kappa shape index (κ3) is 7.34. The molecule has 0 radical (unpaired) electrons. The molecule has 242 valence electrons. The molecule has 10 heteroatoms. The summed E-state index contributed by atoms with van der Waals surface area (Å²) in [6, 6.07) is 26.7. The van der Waals surface area contributed by atoms with E-state index in [0.29, 0.717) is 19.7 Å². The van der Waals surface area contributed by atoms with E-state index in [9.17, 15) is 8.42 Å². The first-order chi connectivity index (χ1) is 21.6. The van der Waals surface area contributed by atoms with Gasteiger partial charge in [-0.15, -0.1) is 0 Å². The molecule has 45 heavy (non-hydrogen) atoms. The van der Waals surface area contributed by atoms with Crippen molar-refractivity contribution in [3.05, 3.63) is 102 Å². The van der Waals surface area contributed by atoms with E-state index in [2.05, 4.69) is 4.90 Å². The largest absolute Gasteiger partial charge is 0.369 e. The first-order valence-corrected chi connectivity index (χ1v) is 17.1. The van der Waals surface area contributed by atoms with Gasteiger partial charge in [0.15, 0.2) is 21.9 Å². The second kappa shape index (κ2) is 13.6. The van der Waals surface area contributed by atoms with E-state index in [1.807, 2.05) is 93.6 Å². The van der Waals surface area contributed by atoms with Crippen LogP contribution in [0.5, 0.6) is 0 Å². The second-order valence-corrected chi connectivity index (χ2v) is 14.7. The van der Waals surface area contributed by atoms with E-state index in [-0.39, 0.29) is 36.4 Å². The van der Waals surface area contributed by atoms with Crippen LogP contribution in [-0.4, -0.2) is 87.9 Å². The lowest BCUT2D eigenvalue weighted by Crippen LogP contribution is -2.61. The summed E-state index contributed by atoms with van der Waals surface area (Å²) in [6.07, 6.45) is -2.95. The third-order valence-corrected chi connectivity index (χ3v) is 10.9. The molecule has 3 aromatic rings. The van der Waals surface area contributed by atoms with Crippen molar-refractivity contribution >= 4 is 9.84 Å². The van der Waals surface area contributed by atoms with E-state index in [1.165, 1.54) is 0 Å². The summed E-state index contributed by atoms with van der Waals surface area (Å²) in [5.41, 5.74) is 2.95. The van der Waals surface area contributed by atoms with Gasteiger partial charge in [-0.1, -0.05) is 78.4 Å². The Morgan fingerprint density at radius 3 is 2.04 bits per heavy atom. The van der Waals surface area contributed by atoms with Gasteiger partial charge in [0.1, 0.15) is 29.7 Å². The molecule has 3 heterocycles. The van der Waals surface area contributed by atoms with Gasteiger partial charge in [-0.05, 0) is 44.0 Å². The summed E-state index contributed by atoms with van der Waals surface area (Å²) in [7, 11) is -2.25. The standard InChI is InChI=1S/C35H43NO8S/c1-24-15-17-27(18-16-24)45(37,38)30-21-36(20-29-32-33(34(39-4)42-29)44-35(2,3)43-32)19-28(40-22-25-11-7-5-8-12-25)31(30)41-23-26-13-9-6-10-14-26/h5-18,28-34H,19-23H2,1-4H3/t28-,29-,30+,31-,32-,33-,34-/m1/s1. The van der Waals surface area contributed by atoms with Crippen LogP contribution in [0.3, 0.4) is 0 Å². The van der Waals surface area contributed by atoms with Crippen molar-refractivity contribution in [3.8, 4) is 0 Å². The zero-order chi connectivity index (χ0) is 31.6. The molecule has 0 spiro atoms. The number of sulfone groups is 1. The van der Waals surface area contributed by atoms with Gasteiger partial charge in [0.2, 0.25) is 0 Å². The van der Waals surface area contributed by atoms with Crippen LogP contribution in [0.25, 0.3) is 0 Å². The highest BCUT2D eigenvalue weighted by molar-refractivity contribution is 7.92. The Morgan fingerprint density at radius 2 is 1.42 bits per heavy atom. The Labute approximate surface area is 266 Å². The molecule has 9 nitrogen and oxygen atoms in total. The van der Waals surface area contributed by atoms with Gasteiger partial charge in [0, 0.05) is 26.7 Å². The molecule has 0 N–H and O–H groups in total. The summed E-state index contributed by atoms with van der Waals surface area (Å²) in [4.78, 5) is 2.36. The van der Waals surface area contributed by atoms with E-state index in [1.54, 1.807) is 19.2 Å². The van der Waals surface area contributed by atoms with E-state index >= 15 is 0 Å². The van der Waals surface area contributed by atoms with E-state index < -0.39 is 39.4 Å². The summed E-state index contributed by atoms with van der Waals surface area (Å²) in [6.45, 7) is 7.38. The number of aryl methyl sites for hydroxylation is 1. The molecular formula is C35H43NO8S. The van der Waals surface area contributed by atoms with E-state index in [0.717, 1.165) is 16.7 Å². The molecule has 3 aliphatic heterocycles. The zero-order valence-electron chi connectivity index (χ0n) is 26.3. The highest BCUT2D eigenvalue weighted by Crippen LogP contribution is 2.40. The monoisotopic (exact) mass is 637 g/mol. The molecule has 0 aromatic heterocycles. The zero-order valence-corrected chi connectivity index (χ0v) is 27.1. The topological polar surface area (TPSA) is 92.8 Å². The molecule has 3 saturated heterocycles. The second-order valence-electron chi connectivity index (χ2n) is 12.6. The van der Waals surface area contributed by atoms with Crippen LogP contribution in [0.4, 0.5) is 0 Å². The lowest BCUT2D eigenvalue weighted by atomic mass is 10.0. The molecule has 3 fully saturated rings. The van der Waals surface area contributed by atoms with Gasteiger partial charge < -0.3 is 28.4 Å². The number of hydrogen-bond donors (Lipinski definition) is 0. The Bertz CT molecular complexity index is 1500. The van der Waals surface area contributed by atoms with Crippen LogP contribution in [0.15, 0.2) is 89.8 Å². The van der Waals surface area contributed by atoms with Crippen molar-refractivity contribution < 1.29 is 36.8 Å². The number of benzene rings is 3. The summed E-state index contributed by atoms with van der Waals surface area (Å²) >= 11 is 0. The molecule has 0 aliphatic carbocycles. The predicted molar refractivity (Wildman–Crippen MR) is 168 cm³/mol. The Morgan fingerprint density at radius 1 is 0.822 bits per heavy atom. The SMILES string of the molecule is CO[C@@H]1O[C@H](CN2C[C@@H](OCc3ccccc3)[C@@H](OCc3ccccc3)[C@@H](S(=O)(=O)c3ccc(C)cc3)C2)[C@H]2OC(C)(C)O[C@@H]12. The Balaban J connectivity index is 1.31. The van der Waals surface area contributed by atoms with Crippen molar-refractivity contribution in [2.24, 2.45) is 0 Å². The third-order valence-electron chi connectivity index (χ3n) is 8.73. The van der Waals surface area contributed by atoms with Crippen LogP contribution in [-0.2, 0) is 51.5 Å². The fourth-order valence-corrected chi connectivity index (χ4v) is 8.38. The summed E-state index contributed by atoms with van der Waals surface area (Å²) in [5, 5.41) is -0.897. The van der Waals surface area contributed by atoms with Crippen LogP contribution in [0, 0.1) is 6.92 Å². The minimum atomic E-state index is -3.83. The highest BCUT2D eigenvalue weighted by Gasteiger charge is 2.56. The van der Waals surface area contributed by atoms with Gasteiger partial charge in [-0.25, -0.2) is 8.42 Å². The first-order valence-electron chi connectivity index (χ1n) is 15.5. The predicted octanol–water partition coefficient (Wildman–Crippen LogP) is 4.52. The van der Waals surface area contributed by atoms with Gasteiger partial charge in [0.05, 0.1) is 24.2 Å². The van der Waals surface area contributed by atoms with Gasteiger partial charge in [-0.3, -0.25) is 4.90 Å². The molecule has 0 saturated carbocycles. The van der Waals surface area contributed by atoms with Crippen LogP contribution >= 0.6 is 0 Å². The quantitative estimate of drug-likeness (QED) is 0.301. The number of ether oxygens (including phenoxy) is 6. The normalized spacial score (nSPS) is 29.9. The molecule has 7 atom stereocenters. The maximum absolute atomic E-state index is 14.4. The van der Waals surface area contributed by atoms with Crippen molar-refractivity contribution in [1.82, 2.24) is 4.90 Å². The first kappa shape index (κ1) is 32.3. The highest BCUT2D eigenvalue weighted by atomic mass is 32.2. The molecule has 0 unspecified atom stereocenters. The fraction of sp³-hybridized carbons (Fsp3) is 0.486. The lowest BCUT2D eigenvalue weighted by molar-refractivity contribution is -0.229. The smallest absolute Gasteiger partial charge is 0.186 e. The average Bonchev–Trinajstić information content (AvgIpc) is 3.52. The molecule has 3 aliphatic rings. The Hall–Kier alpha value is -2.67. The maximum atomic E-state index is 14.4. The minimum absolute atomic E-state index is 0.236. The van der Waals surface area contributed by atoms with Gasteiger partial charge in [-0.2, -0.15) is 0 Å². The number of likely N-dealkylation sites (tertiary alicyclic amines) is 1. The maximum Gasteiger partial charge on any atom is 0.186 e. The molecule has 3 aromatic carbocycles. The van der Waals surface area contributed by atoms with Crippen molar-refractivity contribution in [2.75, 3.05) is 26.7 Å². The van der Waals surface area contributed by atoms with Gasteiger partial charge in [0.25, 0.3) is 0 Å². The molecule has 0 bridgehead atoms.